The van der Waals surface area contributed by atoms with Crippen LogP contribution in [0.4, 0.5) is 0 Å². The molecule has 156 valence electrons. The molecule has 0 radical (unpaired) electrons. The van der Waals surface area contributed by atoms with Crippen LogP contribution >= 0.6 is 27.3 Å². The van der Waals surface area contributed by atoms with Crippen molar-refractivity contribution in [3.63, 3.8) is 0 Å². The van der Waals surface area contributed by atoms with E-state index in [1.165, 1.54) is 24.0 Å². The second kappa shape index (κ2) is 9.32. The Bertz CT molecular complexity index is 1290. The number of methoxy groups -OCH3 is 1. The SMILES string of the molecule is CN=c1scc(-c2ccc(-c3ccccc3)cc2)n1N=Cc1cc(Br)c(O)c(OC)c1. The summed E-state index contributed by atoms with van der Waals surface area (Å²) < 4.78 is 7.58. The number of thiazole rings is 1. The van der Waals surface area contributed by atoms with Crippen LogP contribution < -0.4 is 9.54 Å². The minimum Gasteiger partial charge on any atom is -0.503 e. The Hall–Kier alpha value is -3.16. The van der Waals surface area contributed by atoms with Crippen molar-refractivity contribution >= 4 is 33.5 Å². The van der Waals surface area contributed by atoms with E-state index in [1.807, 2.05) is 28.3 Å². The van der Waals surface area contributed by atoms with Crippen LogP contribution in [0.5, 0.6) is 11.5 Å². The van der Waals surface area contributed by atoms with Crippen molar-refractivity contribution in [2.45, 2.75) is 0 Å². The van der Waals surface area contributed by atoms with Crippen molar-refractivity contribution in [2.24, 2.45) is 10.1 Å². The van der Waals surface area contributed by atoms with Crippen LogP contribution in [0.2, 0.25) is 0 Å². The molecule has 0 bridgehead atoms. The first-order valence-corrected chi connectivity index (χ1v) is 11.2. The second-order valence-electron chi connectivity index (χ2n) is 6.68. The number of hydrogen-bond acceptors (Lipinski definition) is 5. The molecule has 0 amide bonds. The minimum atomic E-state index is 0.0614. The first-order chi connectivity index (χ1) is 15.1. The van der Waals surface area contributed by atoms with Gasteiger partial charge in [0.15, 0.2) is 11.5 Å². The summed E-state index contributed by atoms with van der Waals surface area (Å²) in [6.45, 7) is 0. The van der Waals surface area contributed by atoms with Crippen LogP contribution in [0.1, 0.15) is 5.56 Å². The highest BCUT2D eigenvalue weighted by Gasteiger charge is 2.10. The summed E-state index contributed by atoms with van der Waals surface area (Å²) in [5, 5.41) is 16.7. The zero-order valence-corrected chi connectivity index (χ0v) is 19.4. The molecule has 0 saturated carbocycles. The Kier molecular flexibility index (Phi) is 6.34. The van der Waals surface area contributed by atoms with Gasteiger partial charge in [-0.25, -0.2) is 4.68 Å². The van der Waals surface area contributed by atoms with E-state index < -0.39 is 0 Å². The van der Waals surface area contributed by atoms with Crippen LogP contribution in [0, 0.1) is 0 Å². The van der Waals surface area contributed by atoms with E-state index >= 15 is 0 Å². The zero-order valence-electron chi connectivity index (χ0n) is 17.0. The summed E-state index contributed by atoms with van der Waals surface area (Å²) in [7, 11) is 3.27. The monoisotopic (exact) mass is 493 g/mol. The van der Waals surface area contributed by atoms with Gasteiger partial charge < -0.3 is 9.84 Å². The quantitative estimate of drug-likeness (QED) is 0.358. The van der Waals surface area contributed by atoms with Gasteiger partial charge in [0.2, 0.25) is 4.80 Å². The maximum Gasteiger partial charge on any atom is 0.205 e. The van der Waals surface area contributed by atoms with Crippen LogP contribution in [-0.4, -0.2) is 30.2 Å². The summed E-state index contributed by atoms with van der Waals surface area (Å²) in [5.41, 5.74) is 5.13. The predicted molar refractivity (Wildman–Crippen MR) is 130 cm³/mol. The lowest BCUT2D eigenvalue weighted by molar-refractivity contribution is 0.372. The lowest BCUT2D eigenvalue weighted by atomic mass is 10.0. The molecule has 0 fully saturated rings. The molecule has 7 heteroatoms. The van der Waals surface area contributed by atoms with Crippen molar-refractivity contribution in [3.8, 4) is 33.9 Å². The number of benzene rings is 3. The topological polar surface area (TPSA) is 59.1 Å². The highest BCUT2D eigenvalue weighted by Crippen LogP contribution is 2.34. The molecule has 5 nitrogen and oxygen atoms in total. The smallest absolute Gasteiger partial charge is 0.205 e. The van der Waals surface area contributed by atoms with E-state index in [2.05, 4.69) is 62.4 Å². The molecule has 0 atom stereocenters. The third-order valence-electron chi connectivity index (χ3n) is 4.76. The molecule has 0 unspecified atom stereocenters. The van der Waals surface area contributed by atoms with E-state index in [4.69, 9.17) is 4.74 Å². The van der Waals surface area contributed by atoms with Crippen molar-refractivity contribution in [3.05, 3.63) is 86.9 Å². The van der Waals surface area contributed by atoms with Gasteiger partial charge in [-0.3, -0.25) is 4.99 Å². The molecule has 1 N–H and O–H groups in total. The summed E-state index contributed by atoms with van der Waals surface area (Å²) in [4.78, 5) is 5.13. The lowest BCUT2D eigenvalue weighted by Crippen LogP contribution is -2.11. The number of ether oxygens (including phenoxy) is 1. The molecule has 0 aliphatic carbocycles. The number of hydrogen-bond donors (Lipinski definition) is 1. The van der Waals surface area contributed by atoms with Crippen LogP contribution in [0.15, 0.2) is 86.7 Å². The van der Waals surface area contributed by atoms with E-state index in [0.717, 1.165) is 27.2 Å². The van der Waals surface area contributed by atoms with Gasteiger partial charge in [-0.1, -0.05) is 54.6 Å². The lowest BCUT2D eigenvalue weighted by Gasteiger charge is -2.07. The number of rotatable bonds is 5. The molecule has 4 aromatic rings. The van der Waals surface area contributed by atoms with Gasteiger partial charge in [-0.2, -0.15) is 5.10 Å². The Morgan fingerprint density at radius 3 is 2.35 bits per heavy atom. The molecule has 0 aliphatic rings. The molecule has 1 heterocycles. The van der Waals surface area contributed by atoms with Gasteiger partial charge in [0.25, 0.3) is 0 Å². The van der Waals surface area contributed by atoms with Gasteiger partial charge in [-0.15, -0.1) is 11.3 Å². The first kappa shape index (κ1) is 21.1. The Labute approximate surface area is 192 Å². The normalized spacial score (nSPS) is 11.9. The van der Waals surface area contributed by atoms with Gasteiger partial charge in [0.05, 0.1) is 23.5 Å². The third-order valence-corrected chi connectivity index (χ3v) is 6.27. The largest absolute Gasteiger partial charge is 0.503 e. The Morgan fingerprint density at radius 2 is 1.68 bits per heavy atom. The molecule has 1 aromatic heterocycles. The number of aromatic nitrogens is 1. The fraction of sp³-hybridized carbons (Fsp3) is 0.0833. The van der Waals surface area contributed by atoms with Crippen LogP contribution in [-0.2, 0) is 0 Å². The molecule has 0 spiro atoms. The average molecular weight is 494 g/mol. The molecule has 31 heavy (non-hydrogen) atoms. The maximum absolute atomic E-state index is 10.0. The van der Waals surface area contributed by atoms with Crippen LogP contribution in [0.25, 0.3) is 22.4 Å². The first-order valence-electron chi connectivity index (χ1n) is 9.51. The number of phenols is 1. The zero-order chi connectivity index (χ0) is 21.8. The summed E-state index contributed by atoms with van der Waals surface area (Å²) in [6, 6.07) is 22.2. The van der Waals surface area contributed by atoms with Crippen molar-refractivity contribution in [1.29, 1.82) is 0 Å². The van der Waals surface area contributed by atoms with Crippen molar-refractivity contribution in [2.75, 3.05) is 14.2 Å². The summed E-state index contributed by atoms with van der Waals surface area (Å²) >= 11 is 4.88. The molecule has 0 saturated heterocycles. The molecule has 0 aliphatic heterocycles. The molecular weight excluding hydrogens is 474 g/mol. The molecule has 4 rings (SSSR count). The fourth-order valence-corrected chi connectivity index (χ4v) is 4.44. The second-order valence-corrected chi connectivity index (χ2v) is 8.37. The van der Waals surface area contributed by atoms with E-state index in [9.17, 15) is 5.11 Å². The fourth-order valence-electron chi connectivity index (χ4n) is 3.17. The Morgan fingerprint density at radius 1 is 1.00 bits per heavy atom. The van der Waals surface area contributed by atoms with Gasteiger partial charge in [0, 0.05) is 18.0 Å². The number of nitrogens with zero attached hydrogens (tertiary/aromatic N) is 3. The van der Waals surface area contributed by atoms with Crippen molar-refractivity contribution < 1.29 is 9.84 Å². The van der Waals surface area contributed by atoms with E-state index in [0.29, 0.717) is 10.2 Å². The van der Waals surface area contributed by atoms with Gasteiger partial charge in [-0.05, 0) is 44.8 Å². The predicted octanol–water partition coefficient (Wildman–Crippen LogP) is 5.77. The number of aromatic hydroxyl groups is 1. The minimum absolute atomic E-state index is 0.0614. The highest BCUT2D eigenvalue weighted by molar-refractivity contribution is 9.10. The summed E-state index contributed by atoms with van der Waals surface area (Å²) in [6.07, 6.45) is 1.72. The maximum atomic E-state index is 10.0. The van der Waals surface area contributed by atoms with Crippen LogP contribution in [0.3, 0.4) is 0 Å². The standard InChI is InChI=1S/C24H20BrN3O2S/c1-26-24-28(27-14-16-12-20(25)23(29)22(13-16)30-2)21(15-31-24)19-10-8-18(9-11-19)17-6-4-3-5-7-17/h3-15,29H,1-2H3. The molecule has 3 aromatic carbocycles. The van der Waals surface area contributed by atoms with Gasteiger partial charge in [0.1, 0.15) is 0 Å². The van der Waals surface area contributed by atoms with E-state index in [-0.39, 0.29) is 5.75 Å². The van der Waals surface area contributed by atoms with Gasteiger partial charge >= 0.3 is 0 Å². The third kappa shape index (κ3) is 4.47. The summed E-state index contributed by atoms with van der Waals surface area (Å²) in [5.74, 6) is 0.439. The highest BCUT2D eigenvalue weighted by atomic mass is 79.9. The number of phenolic OH excluding ortho intramolecular Hbond substituents is 1. The average Bonchev–Trinajstić information content (AvgIpc) is 3.23. The van der Waals surface area contributed by atoms with Crippen molar-refractivity contribution in [1.82, 2.24) is 4.68 Å². The number of halogens is 1. The Balaban J connectivity index is 1.70. The van der Waals surface area contributed by atoms with E-state index in [1.54, 1.807) is 25.4 Å². The molecular formula is C24H20BrN3O2S.